The lowest BCUT2D eigenvalue weighted by Crippen LogP contribution is -2.18. The Bertz CT molecular complexity index is 549. The molecule has 0 spiro atoms. The summed E-state index contributed by atoms with van der Waals surface area (Å²) in [5.41, 5.74) is -0.150. The second kappa shape index (κ2) is 5.13. The van der Waals surface area contributed by atoms with Gasteiger partial charge in [0.25, 0.3) is 5.78 Å². The van der Waals surface area contributed by atoms with Crippen LogP contribution in [0.5, 0.6) is 0 Å². The van der Waals surface area contributed by atoms with Gasteiger partial charge >= 0.3 is 5.97 Å². The van der Waals surface area contributed by atoms with Crippen LogP contribution >= 0.6 is 23.2 Å². The molecule has 0 N–H and O–H groups in total. The van der Waals surface area contributed by atoms with Gasteiger partial charge in [-0.15, -0.1) is 0 Å². The van der Waals surface area contributed by atoms with Gasteiger partial charge in [-0.25, -0.2) is 9.64 Å². The number of nitrogens with zero attached hydrogens (tertiary/aromatic N) is 2. The first-order chi connectivity index (χ1) is 7.93. The minimum absolute atomic E-state index is 0.107. The molecule has 0 aromatic carbocycles. The topological polar surface area (TPSA) is 60.6 Å². The van der Waals surface area contributed by atoms with Crippen LogP contribution in [0.15, 0.2) is 0 Å². The summed E-state index contributed by atoms with van der Waals surface area (Å²) >= 11 is 11.5. The first kappa shape index (κ1) is 13.4. The fraction of sp³-hybridized carbons (Fsp3) is 0.200. The minimum atomic E-state index is -1.07. The molecule has 0 aliphatic carbocycles. The number of carbonyl (C=O) groups is 2. The van der Waals surface area contributed by atoms with Crippen LogP contribution in [-0.2, 0) is 9.53 Å². The Labute approximate surface area is 107 Å². The highest BCUT2D eigenvalue weighted by atomic mass is 35.5. The van der Waals surface area contributed by atoms with E-state index in [9.17, 15) is 9.59 Å². The number of esters is 1. The van der Waals surface area contributed by atoms with Gasteiger partial charge in [0.2, 0.25) is 5.69 Å². The van der Waals surface area contributed by atoms with Crippen LogP contribution in [0.25, 0.3) is 4.85 Å². The van der Waals surface area contributed by atoms with Crippen molar-refractivity contribution in [2.45, 2.75) is 6.92 Å². The average Bonchev–Trinajstić information content (AvgIpc) is 2.27. The third-order valence-electron chi connectivity index (χ3n) is 1.96. The molecule has 0 amide bonds. The first-order valence-electron chi connectivity index (χ1n) is 4.29. The van der Waals surface area contributed by atoms with E-state index in [1.165, 1.54) is 6.92 Å². The highest BCUT2D eigenvalue weighted by Gasteiger charge is 2.26. The average molecular weight is 273 g/mol. The smallest absolute Gasteiger partial charge is 0.379 e. The van der Waals surface area contributed by atoms with Crippen molar-refractivity contribution in [2.75, 3.05) is 7.11 Å². The van der Waals surface area contributed by atoms with Crippen LogP contribution < -0.4 is 0 Å². The Hall–Kier alpha value is -1.64. The molecule has 0 radical (unpaired) electrons. The van der Waals surface area contributed by atoms with E-state index in [1.54, 1.807) is 0 Å². The van der Waals surface area contributed by atoms with Crippen molar-refractivity contribution >= 4 is 40.6 Å². The van der Waals surface area contributed by atoms with Crippen molar-refractivity contribution in [3.05, 3.63) is 32.9 Å². The number of halogens is 2. The molecule has 1 rings (SSSR count). The van der Waals surface area contributed by atoms with Crippen molar-refractivity contribution in [2.24, 2.45) is 0 Å². The highest BCUT2D eigenvalue weighted by molar-refractivity contribution is 6.48. The van der Waals surface area contributed by atoms with Gasteiger partial charge in [0.1, 0.15) is 5.15 Å². The van der Waals surface area contributed by atoms with Gasteiger partial charge in [0.15, 0.2) is 0 Å². The van der Waals surface area contributed by atoms with Crippen LogP contribution in [0.4, 0.5) is 5.69 Å². The molecule has 0 bridgehead atoms. The number of ketones is 1. The lowest BCUT2D eigenvalue weighted by atomic mass is 10.1. The van der Waals surface area contributed by atoms with E-state index in [0.29, 0.717) is 0 Å². The van der Waals surface area contributed by atoms with Crippen molar-refractivity contribution in [1.82, 2.24) is 4.98 Å². The summed E-state index contributed by atoms with van der Waals surface area (Å²) in [5.74, 6) is -2.03. The SMILES string of the molecule is [C-]#[N+]c1c(Cl)nc(C)c(C(=O)C(=O)OC)c1Cl. The molecule has 0 atom stereocenters. The normalized spacial score (nSPS) is 9.59. The maximum absolute atomic E-state index is 11.7. The lowest BCUT2D eigenvalue weighted by Gasteiger charge is -2.08. The quantitative estimate of drug-likeness (QED) is 0.273. The largest absolute Gasteiger partial charge is 0.463 e. The van der Waals surface area contributed by atoms with E-state index in [2.05, 4.69) is 14.6 Å². The number of hydrogen-bond donors (Lipinski definition) is 0. The zero-order valence-corrected chi connectivity index (χ0v) is 10.4. The van der Waals surface area contributed by atoms with Crippen molar-refractivity contribution in [3.63, 3.8) is 0 Å². The zero-order valence-electron chi connectivity index (χ0n) is 8.88. The van der Waals surface area contributed by atoms with Crippen LogP contribution in [0.2, 0.25) is 10.2 Å². The maximum Gasteiger partial charge on any atom is 0.379 e. The monoisotopic (exact) mass is 272 g/mol. The van der Waals surface area contributed by atoms with E-state index in [-0.39, 0.29) is 27.1 Å². The molecule has 0 aliphatic heterocycles. The van der Waals surface area contributed by atoms with E-state index < -0.39 is 11.8 Å². The molecule has 0 saturated heterocycles. The highest BCUT2D eigenvalue weighted by Crippen LogP contribution is 2.36. The van der Waals surface area contributed by atoms with E-state index in [1.807, 2.05) is 0 Å². The van der Waals surface area contributed by atoms with Crippen molar-refractivity contribution in [1.29, 1.82) is 0 Å². The molecule has 1 aromatic rings. The summed E-state index contributed by atoms with van der Waals surface area (Å²) in [7, 11) is 1.07. The number of Topliss-reactive ketones (excluding diaryl/α,β-unsaturated/α-hetero) is 1. The van der Waals surface area contributed by atoms with Crippen LogP contribution in [0.1, 0.15) is 16.1 Å². The Morgan fingerprint density at radius 1 is 1.41 bits per heavy atom. The minimum Gasteiger partial charge on any atom is -0.463 e. The van der Waals surface area contributed by atoms with Crippen LogP contribution in [-0.4, -0.2) is 23.8 Å². The molecular weight excluding hydrogens is 267 g/mol. The number of rotatable bonds is 2. The molecule has 1 heterocycles. The van der Waals surface area contributed by atoms with E-state index >= 15 is 0 Å². The fourth-order valence-corrected chi connectivity index (χ4v) is 1.84. The summed E-state index contributed by atoms with van der Waals surface area (Å²) < 4.78 is 4.29. The third-order valence-corrected chi connectivity index (χ3v) is 2.59. The molecule has 7 heteroatoms. The standard InChI is InChI=1S/C10H6Cl2N2O3/c1-4-5(8(15)10(16)17-3)6(11)7(13-2)9(12)14-4/h1,3H3. The first-order valence-corrected chi connectivity index (χ1v) is 5.05. The number of aromatic nitrogens is 1. The van der Waals surface area contributed by atoms with Gasteiger partial charge in [-0.3, -0.25) is 9.78 Å². The van der Waals surface area contributed by atoms with E-state index in [4.69, 9.17) is 29.8 Å². The number of carbonyl (C=O) groups excluding carboxylic acids is 2. The second-order valence-corrected chi connectivity index (χ2v) is 3.69. The lowest BCUT2D eigenvalue weighted by molar-refractivity contribution is -0.135. The number of pyridine rings is 1. The molecule has 5 nitrogen and oxygen atoms in total. The molecule has 0 unspecified atom stereocenters. The number of ether oxygens (including phenoxy) is 1. The van der Waals surface area contributed by atoms with Crippen molar-refractivity contribution < 1.29 is 14.3 Å². The molecule has 0 aliphatic rings. The van der Waals surface area contributed by atoms with Gasteiger partial charge in [-0.2, -0.15) is 0 Å². The number of aryl methyl sites for hydroxylation is 1. The van der Waals surface area contributed by atoms with Gasteiger partial charge in [0.05, 0.1) is 24.3 Å². The molecule has 17 heavy (non-hydrogen) atoms. The fourth-order valence-electron chi connectivity index (χ4n) is 1.18. The van der Waals surface area contributed by atoms with Crippen molar-refractivity contribution in [3.8, 4) is 0 Å². The Balaban J connectivity index is 3.51. The van der Waals surface area contributed by atoms with Crippen LogP contribution in [0, 0.1) is 13.5 Å². The van der Waals surface area contributed by atoms with Gasteiger partial charge < -0.3 is 4.74 Å². The molecule has 88 valence electrons. The summed E-state index contributed by atoms with van der Waals surface area (Å²) in [4.78, 5) is 29.6. The zero-order chi connectivity index (χ0) is 13.2. The molecule has 1 aromatic heterocycles. The summed E-state index contributed by atoms with van der Waals surface area (Å²) in [5, 5.41) is -0.295. The predicted molar refractivity (Wildman–Crippen MR) is 61.6 cm³/mol. The van der Waals surface area contributed by atoms with Crippen LogP contribution in [0.3, 0.4) is 0 Å². The Morgan fingerprint density at radius 2 is 2.00 bits per heavy atom. The summed E-state index contributed by atoms with van der Waals surface area (Å²) in [6, 6.07) is 0. The molecular formula is C10H6Cl2N2O3. The van der Waals surface area contributed by atoms with Gasteiger partial charge in [-0.1, -0.05) is 23.2 Å². The Kier molecular flexibility index (Phi) is 4.05. The third kappa shape index (κ3) is 2.38. The van der Waals surface area contributed by atoms with E-state index in [0.717, 1.165) is 7.11 Å². The van der Waals surface area contributed by atoms with Gasteiger partial charge in [-0.05, 0) is 6.92 Å². The molecule has 0 fully saturated rings. The summed E-state index contributed by atoms with van der Waals surface area (Å²) in [6.07, 6.45) is 0. The molecule has 0 saturated carbocycles. The predicted octanol–water partition coefficient (Wildman–Crippen LogP) is 2.60. The maximum atomic E-state index is 11.7. The second-order valence-electron chi connectivity index (χ2n) is 2.96. The number of methoxy groups -OCH3 is 1. The Morgan fingerprint density at radius 3 is 2.47 bits per heavy atom. The number of hydrogen-bond acceptors (Lipinski definition) is 4. The van der Waals surface area contributed by atoms with Gasteiger partial charge in [0, 0.05) is 5.69 Å². The summed E-state index contributed by atoms with van der Waals surface area (Å²) in [6.45, 7) is 8.33.